The third kappa shape index (κ3) is 3.55. The molecule has 22 heavy (non-hydrogen) atoms. The van der Waals surface area contributed by atoms with Gasteiger partial charge >= 0.3 is 5.97 Å². The molecule has 2 rings (SSSR count). The number of carboxylic acid groups (broad SMARTS) is 1. The number of nitrogens with one attached hydrogen (secondary N) is 1. The van der Waals surface area contributed by atoms with Gasteiger partial charge in [0.05, 0.1) is 13.7 Å². The Morgan fingerprint density at radius 1 is 1.32 bits per heavy atom. The summed E-state index contributed by atoms with van der Waals surface area (Å²) in [5, 5.41) is 11.6. The highest BCUT2D eigenvalue weighted by molar-refractivity contribution is 5.97. The summed E-state index contributed by atoms with van der Waals surface area (Å²) >= 11 is 0. The largest absolute Gasteiger partial charge is 0.497 e. The van der Waals surface area contributed by atoms with Gasteiger partial charge in [0, 0.05) is 12.1 Å². The third-order valence-electron chi connectivity index (χ3n) is 3.61. The fourth-order valence-electron chi connectivity index (χ4n) is 2.42. The number of hydrogen-bond donors (Lipinski definition) is 2. The highest BCUT2D eigenvalue weighted by Crippen LogP contribution is 2.17. The monoisotopic (exact) mass is 306 g/mol. The van der Waals surface area contributed by atoms with Crippen LogP contribution < -0.4 is 10.1 Å². The molecule has 118 valence electrons. The molecular formula is C15H18N2O5. The van der Waals surface area contributed by atoms with Crippen LogP contribution in [0.4, 0.5) is 0 Å². The van der Waals surface area contributed by atoms with E-state index in [1.165, 1.54) is 12.0 Å². The predicted octanol–water partition coefficient (Wildman–Crippen LogP) is 0.501. The Morgan fingerprint density at radius 3 is 2.59 bits per heavy atom. The van der Waals surface area contributed by atoms with E-state index in [0.717, 1.165) is 0 Å². The van der Waals surface area contributed by atoms with E-state index in [1.54, 1.807) is 24.3 Å². The maximum atomic E-state index is 12.0. The number of benzene rings is 1. The fraction of sp³-hybridized carbons (Fsp3) is 0.400. The van der Waals surface area contributed by atoms with Crippen molar-refractivity contribution in [1.29, 1.82) is 0 Å². The normalized spacial score (nSPS) is 17.1. The first kappa shape index (κ1) is 15.8. The molecular weight excluding hydrogens is 288 g/mol. The van der Waals surface area contributed by atoms with Crippen molar-refractivity contribution in [3.63, 3.8) is 0 Å². The van der Waals surface area contributed by atoms with Crippen LogP contribution in [0.15, 0.2) is 24.3 Å². The number of rotatable bonds is 5. The van der Waals surface area contributed by atoms with Crippen molar-refractivity contribution in [3.05, 3.63) is 29.8 Å². The van der Waals surface area contributed by atoms with Crippen LogP contribution in [0.3, 0.4) is 0 Å². The summed E-state index contributed by atoms with van der Waals surface area (Å²) in [4.78, 5) is 36.3. The van der Waals surface area contributed by atoms with Crippen LogP contribution in [0.1, 0.15) is 23.2 Å². The van der Waals surface area contributed by atoms with Crippen LogP contribution in [0.25, 0.3) is 0 Å². The van der Waals surface area contributed by atoms with Gasteiger partial charge < -0.3 is 20.1 Å². The molecule has 0 aliphatic carbocycles. The lowest BCUT2D eigenvalue weighted by Crippen LogP contribution is -2.45. The van der Waals surface area contributed by atoms with Crippen molar-refractivity contribution < 1.29 is 24.2 Å². The number of nitrogens with zero attached hydrogens (tertiary/aromatic N) is 1. The highest BCUT2D eigenvalue weighted by atomic mass is 16.5. The van der Waals surface area contributed by atoms with Gasteiger partial charge in [0.15, 0.2) is 0 Å². The number of amides is 2. The van der Waals surface area contributed by atoms with Gasteiger partial charge in [-0.2, -0.15) is 0 Å². The van der Waals surface area contributed by atoms with Gasteiger partial charge in [-0.15, -0.1) is 0 Å². The zero-order chi connectivity index (χ0) is 16.1. The number of ether oxygens (including phenoxy) is 1. The van der Waals surface area contributed by atoms with Crippen LogP contribution >= 0.6 is 0 Å². The predicted molar refractivity (Wildman–Crippen MR) is 77.7 cm³/mol. The lowest BCUT2D eigenvalue weighted by Gasteiger charge is -2.21. The first-order valence-electron chi connectivity index (χ1n) is 6.97. The number of carbonyl (C=O) groups is 3. The van der Waals surface area contributed by atoms with E-state index in [2.05, 4.69) is 5.32 Å². The van der Waals surface area contributed by atoms with Crippen LogP contribution in [0.5, 0.6) is 5.75 Å². The Balaban J connectivity index is 1.90. The van der Waals surface area contributed by atoms with Crippen molar-refractivity contribution in [2.45, 2.75) is 18.9 Å². The van der Waals surface area contributed by atoms with E-state index < -0.39 is 12.0 Å². The maximum Gasteiger partial charge on any atom is 0.326 e. The fourth-order valence-corrected chi connectivity index (χ4v) is 2.42. The zero-order valence-corrected chi connectivity index (χ0v) is 12.2. The first-order chi connectivity index (χ1) is 10.5. The number of hydrogen-bond acceptors (Lipinski definition) is 4. The van der Waals surface area contributed by atoms with Gasteiger partial charge in [-0.25, -0.2) is 4.79 Å². The lowest BCUT2D eigenvalue weighted by molar-refractivity contribution is -0.147. The summed E-state index contributed by atoms with van der Waals surface area (Å²) in [6.07, 6.45) is 1.11. The first-order valence-corrected chi connectivity index (χ1v) is 6.97. The van der Waals surface area contributed by atoms with Gasteiger partial charge in [-0.1, -0.05) is 0 Å². The minimum atomic E-state index is -1.01. The summed E-state index contributed by atoms with van der Waals surface area (Å²) in [5.74, 6) is -1.14. The summed E-state index contributed by atoms with van der Waals surface area (Å²) < 4.78 is 5.00. The average Bonchev–Trinajstić information content (AvgIpc) is 3.02. The number of carboxylic acids is 1. The van der Waals surface area contributed by atoms with Crippen molar-refractivity contribution in [2.24, 2.45) is 0 Å². The molecule has 1 aliphatic rings. The molecule has 1 aliphatic heterocycles. The van der Waals surface area contributed by atoms with Crippen LogP contribution in [0.2, 0.25) is 0 Å². The van der Waals surface area contributed by atoms with Gasteiger partial charge in [-0.05, 0) is 37.1 Å². The molecule has 0 radical (unpaired) electrons. The Bertz CT molecular complexity index is 570. The minimum Gasteiger partial charge on any atom is -0.497 e. The quantitative estimate of drug-likeness (QED) is 0.826. The standard InChI is InChI=1S/C15H18N2O5/c1-22-11-6-4-10(5-7-11)14(19)16-9-13(18)17-8-2-3-12(17)15(20)21/h4-7,12H,2-3,8-9H2,1H3,(H,16,19)(H,20,21)/t12-/m0/s1. The molecule has 7 nitrogen and oxygen atoms in total. The highest BCUT2D eigenvalue weighted by Gasteiger charge is 2.33. The topological polar surface area (TPSA) is 95.9 Å². The number of aliphatic carboxylic acids is 1. The Kier molecular flexibility index (Phi) is 4.98. The van der Waals surface area contributed by atoms with E-state index in [-0.39, 0.29) is 18.4 Å². The van der Waals surface area contributed by atoms with Crippen molar-refractivity contribution >= 4 is 17.8 Å². The van der Waals surface area contributed by atoms with Crippen LogP contribution in [-0.4, -0.2) is 54.0 Å². The molecule has 0 saturated carbocycles. The van der Waals surface area contributed by atoms with Crippen LogP contribution in [0, 0.1) is 0 Å². The van der Waals surface area contributed by atoms with Gasteiger partial charge in [0.2, 0.25) is 5.91 Å². The second kappa shape index (κ2) is 6.93. The minimum absolute atomic E-state index is 0.214. The molecule has 2 N–H and O–H groups in total. The van der Waals surface area contributed by atoms with E-state index >= 15 is 0 Å². The van der Waals surface area contributed by atoms with E-state index in [4.69, 9.17) is 9.84 Å². The molecule has 1 fully saturated rings. The number of methoxy groups -OCH3 is 1. The molecule has 1 aromatic carbocycles. The smallest absolute Gasteiger partial charge is 0.326 e. The molecule has 0 bridgehead atoms. The molecule has 2 amide bonds. The van der Waals surface area contributed by atoms with E-state index in [1.807, 2.05) is 0 Å². The summed E-state index contributed by atoms with van der Waals surface area (Å²) in [7, 11) is 1.53. The van der Waals surface area contributed by atoms with Gasteiger partial charge in [0.1, 0.15) is 11.8 Å². The molecule has 7 heteroatoms. The molecule has 0 aromatic heterocycles. The van der Waals surface area contributed by atoms with Crippen molar-refractivity contribution in [2.75, 3.05) is 20.2 Å². The second-order valence-corrected chi connectivity index (χ2v) is 4.99. The average molecular weight is 306 g/mol. The zero-order valence-electron chi connectivity index (χ0n) is 12.2. The van der Waals surface area contributed by atoms with E-state index in [9.17, 15) is 14.4 Å². The molecule has 0 spiro atoms. The summed E-state index contributed by atoms with van der Waals surface area (Å²) in [6.45, 7) is 0.197. The Labute approximate surface area is 127 Å². The number of carbonyl (C=O) groups excluding carboxylic acids is 2. The third-order valence-corrected chi connectivity index (χ3v) is 3.61. The SMILES string of the molecule is COc1ccc(C(=O)NCC(=O)N2CCC[C@H]2C(=O)O)cc1. The molecule has 1 heterocycles. The molecule has 1 aromatic rings. The van der Waals surface area contributed by atoms with Crippen molar-refractivity contribution in [1.82, 2.24) is 10.2 Å². The Hall–Kier alpha value is -2.57. The molecule has 1 saturated heterocycles. The van der Waals surface area contributed by atoms with Gasteiger partial charge in [-0.3, -0.25) is 9.59 Å². The summed E-state index contributed by atoms with van der Waals surface area (Å²) in [5.41, 5.74) is 0.407. The van der Waals surface area contributed by atoms with E-state index in [0.29, 0.717) is 30.7 Å². The number of likely N-dealkylation sites (tertiary alicyclic amines) is 1. The van der Waals surface area contributed by atoms with Crippen LogP contribution in [-0.2, 0) is 9.59 Å². The molecule has 0 unspecified atom stereocenters. The van der Waals surface area contributed by atoms with Crippen molar-refractivity contribution in [3.8, 4) is 5.75 Å². The molecule has 1 atom stereocenters. The Morgan fingerprint density at radius 2 is 2.00 bits per heavy atom. The summed E-state index contributed by atoms with van der Waals surface area (Å²) in [6, 6.07) is 5.70. The second-order valence-electron chi connectivity index (χ2n) is 4.99. The maximum absolute atomic E-state index is 12.0. The van der Waals surface area contributed by atoms with Gasteiger partial charge in [0.25, 0.3) is 5.91 Å². The lowest BCUT2D eigenvalue weighted by atomic mass is 10.2.